The highest BCUT2D eigenvalue weighted by atomic mass is 16.5. The van der Waals surface area contributed by atoms with E-state index >= 15 is 0 Å². The van der Waals surface area contributed by atoms with Gasteiger partial charge in [0.05, 0.1) is 23.5 Å². The lowest BCUT2D eigenvalue weighted by molar-refractivity contribution is -0.130. The van der Waals surface area contributed by atoms with Crippen molar-refractivity contribution in [2.45, 2.75) is 38.3 Å². The first-order valence-electron chi connectivity index (χ1n) is 16.7. The molecule has 3 aromatic heterocycles. The summed E-state index contributed by atoms with van der Waals surface area (Å²) in [7, 11) is 0. The van der Waals surface area contributed by atoms with E-state index in [-0.39, 0.29) is 5.91 Å². The van der Waals surface area contributed by atoms with Crippen LogP contribution in [0.15, 0.2) is 36.8 Å². The molecule has 2 bridgehead atoms. The number of piperazine rings is 1. The van der Waals surface area contributed by atoms with Crippen molar-refractivity contribution in [1.82, 2.24) is 34.6 Å². The van der Waals surface area contributed by atoms with Crippen LogP contribution in [0.3, 0.4) is 0 Å². The van der Waals surface area contributed by atoms with Crippen molar-refractivity contribution < 1.29 is 9.53 Å². The van der Waals surface area contributed by atoms with Crippen molar-refractivity contribution in [2.75, 3.05) is 77.0 Å². The minimum Gasteiger partial charge on any atom is -0.491 e. The second-order valence-electron chi connectivity index (χ2n) is 13.8. The zero-order valence-electron chi connectivity index (χ0n) is 26.1. The number of hydrogen-bond donors (Lipinski definition) is 1. The Morgan fingerprint density at radius 2 is 1.87 bits per heavy atom. The van der Waals surface area contributed by atoms with Gasteiger partial charge < -0.3 is 19.9 Å². The van der Waals surface area contributed by atoms with E-state index in [0.717, 1.165) is 118 Å². The molecule has 11 nitrogen and oxygen atoms in total. The van der Waals surface area contributed by atoms with Gasteiger partial charge in [-0.2, -0.15) is 10.4 Å². The summed E-state index contributed by atoms with van der Waals surface area (Å²) in [6.07, 6.45) is 8.93. The first kappa shape index (κ1) is 28.7. The van der Waals surface area contributed by atoms with Gasteiger partial charge in [0.2, 0.25) is 5.91 Å². The Kier molecular flexibility index (Phi) is 7.60. The number of carbonyl (C=O) groups excluding carboxylic acids is 1. The van der Waals surface area contributed by atoms with E-state index in [4.69, 9.17) is 9.72 Å². The van der Waals surface area contributed by atoms with Crippen molar-refractivity contribution in [2.24, 2.45) is 17.8 Å². The third kappa shape index (κ3) is 5.53. The second kappa shape index (κ2) is 11.9. The highest BCUT2D eigenvalue weighted by Gasteiger charge is 2.45. The Hall–Kier alpha value is -3.72. The van der Waals surface area contributed by atoms with E-state index < -0.39 is 0 Å². The lowest BCUT2D eigenvalue weighted by Gasteiger charge is -2.57. The molecule has 0 spiro atoms. The second-order valence-corrected chi connectivity index (χ2v) is 13.8. The fourth-order valence-corrected chi connectivity index (χ4v) is 8.54. The molecule has 9 rings (SSSR count). The Bertz CT molecular complexity index is 1570. The summed E-state index contributed by atoms with van der Waals surface area (Å²) in [5.74, 6) is 4.19. The molecular formula is C34H43N9O2. The molecule has 1 N–H and O–H groups in total. The van der Waals surface area contributed by atoms with E-state index in [1.165, 1.54) is 6.42 Å². The summed E-state index contributed by atoms with van der Waals surface area (Å²) in [4.78, 5) is 26.3. The van der Waals surface area contributed by atoms with Crippen LogP contribution in [0.25, 0.3) is 16.6 Å². The summed E-state index contributed by atoms with van der Waals surface area (Å²) >= 11 is 0. The van der Waals surface area contributed by atoms with E-state index in [2.05, 4.69) is 43.3 Å². The Labute approximate surface area is 264 Å². The number of carbonyl (C=O) groups is 1. The topological polar surface area (TPSA) is 105 Å². The van der Waals surface area contributed by atoms with Crippen LogP contribution in [0.4, 0.5) is 5.82 Å². The molecule has 6 fully saturated rings. The normalized spacial score (nSPS) is 27.0. The van der Waals surface area contributed by atoms with Crippen molar-refractivity contribution in [3.8, 4) is 22.9 Å². The zero-order chi connectivity index (χ0) is 30.5. The first-order chi connectivity index (χ1) is 22.0. The van der Waals surface area contributed by atoms with Crippen LogP contribution in [0, 0.1) is 29.1 Å². The van der Waals surface area contributed by atoms with Gasteiger partial charge in [-0.15, -0.1) is 0 Å². The monoisotopic (exact) mass is 609 g/mol. The number of piperidine rings is 2. The number of amides is 1. The van der Waals surface area contributed by atoms with Crippen molar-refractivity contribution >= 4 is 17.2 Å². The number of rotatable bonds is 8. The predicted molar refractivity (Wildman–Crippen MR) is 171 cm³/mol. The van der Waals surface area contributed by atoms with Crippen LogP contribution >= 0.6 is 0 Å². The fourth-order valence-electron chi connectivity index (χ4n) is 8.54. The van der Waals surface area contributed by atoms with Crippen molar-refractivity contribution in [3.63, 3.8) is 0 Å². The lowest BCUT2D eigenvalue weighted by atomic mass is 9.84. The number of nitrogens with one attached hydrogen (secondary N) is 1. The van der Waals surface area contributed by atoms with Gasteiger partial charge in [0, 0.05) is 88.7 Å². The molecular weight excluding hydrogens is 566 g/mol. The maximum Gasteiger partial charge on any atom is 0.219 e. The Morgan fingerprint density at radius 3 is 2.56 bits per heavy atom. The molecule has 6 aliphatic rings. The van der Waals surface area contributed by atoms with Gasteiger partial charge in [-0.1, -0.05) is 0 Å². The Balaban J connectivity index is 0.921. The van der Waals surface area contributed by atoms with Gasteiger partial charge in [-0.05, 0) is 68.3 Å². The summed E-state index contributed by atoms with van der Waals surface area (Å²) in [6.45, 7) is 12.7. The number of nitrogens with zero attached hydrogens (tertiary/aromatic N) is 8. The van der Waals surface area contributed by atoms with E-state index in [1.54, 1.807) is 17.6 Å². The Morgan fingerprint density at radius 1 is 1.09 bits per heavy atom. The molecule has 0 aromatic carbocycles. The van der Waals surface area contributed by atoms with Crippen LogP contribution < -0.4 is 15.0 Å². The van der Waals surface area contributed by atoms with E-state index in [9.17, 15) is 10.1 Å². The molecule has 4 unspecified atom stereocenters. The van der Waals surface area contributed by atoms with Gasteiger partial charge in [-0.25, -0.2) is 9.50 Å². The quantitative estimate of drug-likeness (QED) is 0.412. The largest absolute Gasteiger partial charge is 0.491 e. The molecule has 6 aliphatic heterocycles. The number of nitriles is 1. The summed E-state index contributed by atoms with van der Waals surface area (Å²) in [6, 6.07) is 9.73. The number of pyridine rings is 2. The summed E-state index contributed by atoms with van der Waals surface area (Å²) in [5, 5.41) is 17.8. The maximum absolute atomic E-state index is 11.7. The number of fused-ring (bicyclic) bond motifs is 4. The molecule has 1 amide bonds. The van der Waals surface area contributed by atoms with Gasteiger partial charge in [0.1, 0.15) is 24.2 Å². The predicted octanol–water partition coefficient (Wildman–Crippen LogP) is 2.32. The first-order valence-corrected chi connectivity index (χ1v) is 16.7. The van der Waals surface area contributed by atoms with Gasteiger partial charge in [-0.3, -0.25) is 14.6 Å². The minimum atomic E-state index is 0.206. The number of ether oxygens (including phenoxy) is 1. The van der Waals surface area contributed by atoms with E-state index in [1.807, 2.05) is 23.4 Å². The highest BCUT2D eigenvalue weighted by molar-refractivity contribution is 5.85. The van der Waals surface area contributed by atoms with Crippen LogP contribution in [-0.4, -0.2) is 119 Å². The molecule has 11 heteroatoms. The van der Waals surface area contributed by atoms with Crippen LogP contribution in [0.5, 0.6) is 5.75 Å². The smallest absolute Gasteiger partial charge is 0.219 e. The van der Waals surface area contributed by atoms with Crippen molar-refractivity contribution in [3.05, 3.63) is 42.4 Å². The van der Waals surface area contributed by atoms with Gasteiger partial charge in [0.25, 0.3) is 0 Å². The van der Waals surface area contributed by atoms with Crippen LogP contribution in [0.1, 0.15) is 31.7 Å². The SMILES string of the molecule is CC(=O)N1CCC(CN2C3CC2CN(c2ccc(-c4cc(OCCN5CC6CNCC6C5)cn5ncc(C#N)c45)cn2)C3)CC1. The van der Waals surface area contributed by atoms with Gasteiger partial charge >= 0.3 is 0 Å². The van der Waals surface area contributed by atoms with Gasteiger partial charge in [0.15, 0.2) is 0 Å². The summed E-state index contributed by atoms with van der Waals surface area (Å²) < 4.78 is 8.03. The zero-order valence-corrected chi connectivity index (χ0v) is 26.1. The molecule has 236 valence electrons. The van der Waals surface area contributed by atoms with Crippen LogP contribution in [-0.2, 0) is 4.79 Å². The van der Waals surface area contributed by atoms with E-state index in [0.29, 0.717) is 30.2 Å². The molecule has 3 aromatic rings. The molecule has 6 saturated heterocycles. The molecule has 45 heavy (non-hydrogen) atoms. The molecule has 0 radical (unpaired) electrons. The third-order valence-electron chi connectivity index (χ3n) is 11.1. The minimum absolute atomic E-state index is 0.206. The standard InChI is InChI=1S/C34H43N9O2/c1-23(44)40-6-4-24(5-7-40)17-42-29-10-30(42)21-41(20-29)33-3-2-25(15-37-33)32-11-31(22-43-34(32)26(12-35)16-38-43)45-9-8-39-18-27-13-36-14-28(27)19-39/h2-3,11,15-16,22,24,27-30,36H,4-10,13-14,17-21H2,1H3. The number of aromatic nitrogens is 3. The third-order valence-corrected chi connectivity index (χ3v) is 11.1. The maximum atomic E-state index is 11.7. The molecule has 0 saturated carbocycles. The number of hydrogen-bond acceptors (Lipinski definition) is 9. The molecule has 4 atom stereocenters. The van der Waals surface area contributed by atoms with Crippen LogP contribution in [0.2, 0.25) is 0 Å². The average molecular weight is 610 g/mol. The average Bonchev–Trinajstić information content (AvgIpc) is 3.79. The number of anilines is 1. The molecule has 9 heterocycles. The fraction of sp³-hybridized carbons (Fsp3) is 0.588. The number of likely N-dealkylation sites (tertiary alicyclic amines) is 2. The highest BCUT2D eigenvalue weighted by Crippen LogP contribution is 2.37. The molecule has 0 aliphatic carbocycles. The summed E-state index contributed by atoms with van der Waals surface area (Å²) in [5.41, 5.74) is 3.18. The lowest BCUT2D eigenvalue weighted by Crippen LogP contribution is -2.69. The van der Waals surface area contributed by atoms with Crippen molar-refractivity contribution in [1.29, 1.82) is 5.26 Å².